The fourth-order valence-corrected chi connectivity index (χ4v) is 4.03. The average Bonchev–Trinajstić information content (AvgIpc) is 3.27. The highest BCUT2D eigenvalue weighted by Crippen LogP contribution is 2.28. The van der Waals surface area contributed by atoms with Crippen molar-refractivity contribution in [2.75, 3.05) is 0 Å². The van der Waals surface area contributed by atoms with E-state index in [1.54, 1.807) is 18.4 Å². The van der Waals surface area contributed by atoms with Crippen molar-refractivity contribution in [1.82, 2.24) is 24.8 Å². The molecule has 0 bridgehead atoms. The summed E-state index contributed by atoms with van der Waals surface area (Å²) in [6.45, 7) is 2.29. The van der Waals surface area contributed by atoms with E-state index in [1.165, 1.54) is 9.36 Å². The van der Waals surface area contributed by atoms with E-state index in [4.69, 9.17) is 4.74 Å². The number of hydrogen-bond donors (Lipinski definition) is 0. The SMILES string of the molecule is Cc1cccc(-n2nnn(C)c2=O)c1COc1ccc(-c2nc(Br)cs2)cc1. The molecule has 0 saturated carbocycles. The van der Waals surface area contributed by atoms with Gasteiger partial charge in [-0.15, -0.1) is 11.3 Å². The van der Waals surface area contributed by atoms with Crippen LogP contribution in [0, 0.1) is 6.92 Å². The van der Waals surface area contributed by atoms with E-state index in [0.29, 0.717) is 12.3 Å². The lowest BCUT2D eigenvalue weighted by atomic mass is 10.1. The summed E-state index contributed by atoms with van der Waals surface area (Å²) < 4.78 is 9.30. The van der Waals surface area contributed by atoms with Gasteiger partial charge in [0, 0.05) is 23.6 Å². The van der Waals surface area contributed by atoms with Gasteiger partial charge in [0.1, 0.15) is 22.0 Å². The van der Waals surface area contributed by atoms with Gasteiger partial charge in [-0.25, -0.2) is 9.78 Å². The lowest BCUT2D eigenvalue weighted by molar-refractivity contribution is 0.305. The summed E-state index contributed by atoms with van der Waals surface area (Å²) in [6, 6.07) is 13.5. The lowest BCUT2D eigenvalue weighted by Crippen LogP contribution is -2.23. The zero-order valence-electron chi connectivity index (χ0n) is 15.2. The molecule has 2 aromatic carbocycles. The first-order chi connectivity index (χ1) is 13.5. The van der Waals surface area contributed by atoms with Gasteiger partial charge in [0.2, 0.25) is 0 Å². The highest BCUT2D eigenvalue weighted by Gasteiger charge is 2.13. The highest BCUT2D eigenvalue weighted by atomic mass is 79.9. The third-order valence-corrected chi connectivity index (χ3v) is 5.90. The van der Waals surface area contributed by atoms with Crippen LogP contribution in [-0.4, -0.2) is 24.8 Å². The molecule has 0 amide bonds. The Labute approximate surface area is 173 Å². The molecule has 0 spiro atoms. The second-order valence-corrected chi connectivity index (χ2v) is 7.83. The predicted octanol–water partition coefficient (Wildman–Crippen LogP) is 3.74. The Morgan fingerprint density at radius 1 is 1.14 bits per heavy atom. The standard InChI is InChI=1S/C19H16BrN5O2S/c1-12-4-3-5-16(25-19(26)24(2)22-23-25)15(12)10-27-14-8-6-13(7-9-14)18-21-17(20)11-28-18/h3-9,11H,10H2,1-2H3. The number of halogens is 1. The zero-order chi connectivity index (χ0) is 19.7. The molecule has 0 saturated heterocycles. The van der Waals surface area contributed by atoms with E-state index in [9.17, 15) is 4.79 Å². The van der Waals surface area contributed by atoms with Crippen LogP contribution >= 0.6 is 27.3 Å². The molecule has 2 heterocycles. The van der Waals surface area contributed by atoms with Crippen LogP contribution in [0.2, 0.25) is 0 Å². The lowest BCUT2D eigenvalue weighted by Gasteiger charge is -2.13. The fourth-order valence-electron chi connectivity index (χ4n) is 2.77. The number of benzene rings is 2. The van der Waals surface area contributed by atoms with E-state index >= 15 is 0 Å². The molecule has 142 valence electrons. The summed E-state index contributed by atoms with van der Waals surface area (Å²) in [7, 11) is 1.57. The fraction of sp³-hybridized carbons (Fsp3) is 0.158. The van der Waals surface area contributed by atoms with Gasteiger partial charge in [-0.2, -0.15) is 9.36 Å². The zero-order valence-corrected chi connectivity index (χ0v) is 17.6. The average molecular weight is 458 g/mol. The Hall–Kier alpha value is -2.78. The van der Waals surface area contributed by atoms with Gasteiger partial charge in [0.05, 0.1) is 5.69 Å². The number of thiazole rings is 1. The normalized spacial score (nSPS) is 11.0. The van der Waals surface area contributed by atoms with Crippen LogP contribution in [0.3, 0.4) is 0 Å². The number of tetrazole rings is 1. The van der Waals surface area contributed by atoms with Crippen LogP contribution in [0.5, 0.6) is 5.75 Å². The van der Waals surface area contributed by atoms with E-state index in [0.717, 1.165) is 32.1 Å². The van der Waals surface area contributed by atoms with E-state index < -0.39 is 0 Å². The molecule has 7 nitrogen and oxygen atoms in total. The number of nitrogens with zero attached hydrogens (tertiary/aromatic N) is 5. The van der Waals surface area contributed by atoms with Crippen molar-refractivity contribution < 1.29 is 4.74 Å². The van der Waals surface area contributed by atoms with Gasteiger partial charge in [-0.1, -0.05) is 12.1 Å². The molecular weight excluding hydrogens is 442 g/mol. The first-order valence-corrected chi connectivity index (χ1v) is 10.1. The summed E-state index contributed by atoms with van der Waals surface area (Å²) in [5, 5.41) is 10.6. The van der Waals surface area contributed by atoms with Crippen molar-refractivity contribution in [3.05, 3.63) is 74.1 Å². The minimum absolute atomic E-state index is 0.300. The maximum atomic E-state index is 12.2. The quantitative estimate of drug-likeness (QED) is 0.456. The molecule has 0 atom stereocenters. The van der Waals surface area contributed by atoms with Gasteiger partial charge in [0.25, 0.3) is 0 Å². The summed E-state index contributed by atoms with van der Waals surface area (Å²) in [6.07, 6.45) is 0. The minimum atomic E-state index is -0.300. The van der Waals surface area contributed by atoms with E-state index in [1.807, 2.05) is 54.8 Å². The summed E-state index contributed by atoms with van der Waals surface area (Å²) in [4.78, 5) is 16.7. The van der Waals surface area contributed by atoms with E-state index in [-0.39, 0.29) is 5.69 Å². The molecule has 0 N–H and O–H groups in total. The molecule has 0 aliphatic heterocycles. The molecule has 28 heavy (non-hydrogen) atoms. The maximum absolute atomic E-state index is 12.2. The third-order valence-electron chi connectivity index (χ3n) is 4.30. The topological polar surface area (TPSA) is 74.8 Å². The van der Waals surface area contributed by atoms with Crippen molar-refractivity contribution in [2.45, 2.75) is 13.5 Å². The number of aromatic nitrogens is 5. The predicted molar refractivity (Wildman–Crippen MR) is 111 cm³/mol. The van der Waals surface area contributed by atoms with Crippen LogP contribution in [0.4, 0.5) is 0 Å². The van der Waals surface area contributed by atoms with Gasteiger partial charge >= 0.3 is 5.69 Å². The van der Waals surface area contributed by atoms with Crippen LogP contribution < -0.4 is 10.4 Å². The smallest absolute Gasteiger partial charge is 0.368 e. The van der Waals surface area contributed by atoms with Gasteiger partial charge in [0.15, 0.2) is 0 Å². The molecular formula is C19H16BrN5O2S. The minimum Gasteiger partial charge on any atom is -0.489 e. The Balaban J connectivity index is 1.57. The molecule has 0 radical (unpaired) electrons. The third kappa shape index (κ3) is 3.63. The Morgan fingerprint density at radius 2 is 1.93 bits per heavy atom. The molecule has 2 aromatic heterocycles. The second kappa shape index (κ2) is 7.69. The number of rotatable bonds is 5. The molecule has 9 heteroatoms. The molecule has 4 rings (SSSR count). The largest absolute Gasteiger partial charge is 0.489 e. The summed E-state index contributed by atoms with van der Waals surface area (Å²) in [5.74, 6) is 0.736. The monoisotopic (exact) mass is 457 g/mol. The number of aryl methyl sites for hydroxylation is 2. The first kappa shape index (κ1) is 18.6. The van der Waals surface area contributed by atoms with E-state index in [2.05, 4.69) is 31.3 Å². The van der Waals surface area contributed by atoms with Gasteiger partial charge in [-0.3, -0.25) is 0 Å². The highest BCUT2D eigenvalue weighted by molar-refractivity contribution is 9.10. The van der Waals surface area contributed by atoms with Crippen molar-refractivity contribution in [3.8, 4) is 22.0 Å². The van der Waals surface area contributed by atoms with Crippen LogP contribution in [0.1, 0.15) is 11.1 Å². The molecule has 4 aromatic rings. The van der Waals surface area contributed by atoms with Gasteiger partial charge < -0.3 is 4.74 Å². The number of ether oxygens (including phenoxy) is 1. The summed E-state index contributed by atoms with van der Waals surface area (Å²) in [5.41, 5.74) is 3.30. The molecule has 0 aliphatic rings. The van der Waals surface area contributed by atoms with Crippen molar-refractivity contribution in [2.24, 2.45) is 7.05 Å². The van der Waals surface area contributed by atoms with Crippen molar-refractivity contribution in [3.63, 3.8) is 0 Å². The maximum Gasteiger partial charge on any atom is 0.368 e. The molecule has 0 aliphatic carbocycles. The van der Waals surface area contributed by atoms with Gasteiger partial charge in [-0.05, 0) is 69.2 Å². The van der Waals surface area contributed by atoms with Crippen molar-refractivity contribution in [1.29, 1.82) is 0 Å². The Morgan fingerprint density at radius 3 is 2.57 bits per heavy atom. The van der Waals surface area contributed by atoms with Crippen LogP contribution in [-0.2, 0) is 13.7 Å². The molecule has 0 unspecified atom stereocenters. The van der Waals surface area contributed by atoms with Crippen LogP contribution in [0.25, 0.3) is 16.3 Å². The second-order valence-electron chi connectivity index (χ2n) is 6.16. The first-order valence-electron chi connectivity index (χ1n) is 8.45. The Bertz CT molecular complexity index is 1180. The van der Waals surface area contributed by atoms with Crippen LogP contribution in [0.15, 0.2) is 57.2 Å². The summed E-state index contributed by atoms with van der Waals surface area (Å²) >= 11 is 4.95. The molecule has 0 fully saturated rings. The van der Waals surface area contributed by atoms with Crippen molar-refractivity contribution >= 4 is 27.3 Å². The number of hydrogen-bond acceptors (Lipinski definition) is 6. The Kier molecular flexibility index (Phi) is 5.10.